The summed E-state index contributed by atoms with van der Waals surface area (Å²) in [6, 6.07) is 7.56. The third kappa shape index (κ3) is 6.06. The Morgan fingerprint density at radius 1 is 1.24 bits per heavy atom. The summed E-state index contributed by atoms with van der Waals surface area (Å²) in [7, 11) is 0. The molecule has 0 saturated heterocycles. The molecule has 5 heteroatoms. The van der Waals surface area contributed by atoms with Crippen LogP contribution in [-0.2, 0) is 4.79 Å². The molecule has 1 aliphatic carbocycles. The number of hydrogen-bond donors (Lipinski definition) is 2. The maximum absolute atomic E-state index is 11.7. The molecule has 0 aliphatic heterocycles. The Hall–Kier alpha value is -1.07. The van der Waals surface area contributed by atoms with E-state index in [-0.39, 0.29) is 12.0 Å². The van der Waals surface area contributed by atoms with E-state index in [1.807, 2.05) is 24.3 Å². The molecule has 21 heavy (non-hydrogen) atoms. The molecule has 0 atom stereocenters. The Bertz CT molecular complexity index is 441. The number of halogens is 1. The Morgan fingerprint density at radius 3 is 2.57 bits per heavy atom. The van der Waals surface area contributed by atoms with Gasteiger partial charge in [-0.2, -0.15) is 0 Å². The van der Waals surface area contributed by atoms with Gasteiger partial charge in [-0.25, -0.2) is 0 Å². The fraction of sp³-hybridized carbons (Fsp3) is 0.562. The summed E-state index contributed by atoms with van der Waals surface area (Å²) in [6.45, 7) is 1.10. The van der Waals surface area contributed by atoms with Crippen molar-refractivity contribution >= 4 is 21.8 Å². The van der Waals surface area contributed by atoms with Crippen LogP contribution >= 0.6 is 15.9 Å². The minimum atomic E-state index is -0.142. The minimum Gasteiger partial charge on any atom is -0.493 e. The van der Waals surface area contributed by atoms with Crippen molar-refractivity contribution in [2.24, 2.45) is 5.92 Å². The predicted octanol–water partition coefficient (Wildman–Crippen LogP) is 2.89. The topological polar surface area (TPSA) is 58.6 Å². The first-order valence-corrected chi connectivity index (χ1v) is 8.26. The number of carbonyl (C=O) groups excluding carboxylic acids is 1. The number of carbonyl (C=O) groups is 1. The van der Waals surface area contributed by atoms with Crippen LogP contribution in [-0.4, -0.2) is 30.3 Å². The van der Waals surface area contributed by atoms with Gasteiger partial charge in [0.25, 0.3) is 0 Å². The van der Waals surface area contributed by atoms with Gasteiger partial charge in [0.1, 0.15) is 5.75 Å². The van der Waals surface area contributed by atoms with Crippen molar-refractivity contribution in [2.75, 3.05) is 13.2 Å². The van der Waals surface area contributed by atoms with Crippen LogP contribution in [0.15, 0.2) is 28.7 Å². The standard InChI is InChI=1S/C16H22BrNO3/c17-13-3-7-15(8-4-13)21-10-9-16(20)18-11-12-1-5-14(19)6-2-12/h3-4,7-8,12,14,19H,1-2,5-6,9-11H2,(H,18,20). The highest BCUT2D eigenvalue weighted by Gasteiger charge is 2.19. The lowest BCUT2D eigenvalue weighted by atomic mass is 9.87. The van der Waals surface area contributed by atoms with Crippen LogP contribution in [0.4, 0.5) is 0 Å². The second-order valence-electron chi connectivity index (χ2n) is 5.53. The number of aliphatic hydroxyl groups excluding tert-OH is 1. The molecule has 1 amide bonds. The van der Waals surface area contributed by atoms with Crippen molar-refractivity contribution in [2.45, 2.75) is 38.2 Å². The first kappa shape index (κ1) is 16.3. The van der Waals surface area contributed by atoms with Crippen molar-refractivity contribution < 1.29 is 14.6 Å². The van der Waals surface area contributed by atoms with Gasteiger partial charge in [0.05, 0.1) is 19.1 Å². The molecule has 2 rings (SSSR count). The molecule has 0 unspecified atom stereocenters. The Kier molecular flexibility index (Phi) is 6.51. The smallest absolute Gasteiger partial charge is 0.223 e. The van der Waals surface area contributed by atoms with Crippen LogP contribution in [0.5, 0.6) is 5.75 Å². The average Bonchev–Trinajstić information content (AvgIpc) is 2.49. The third-order valence-corrected chi connectivity index (χ3v) is 4.34. The molecule has 1 aliphatic rings. The van der Waals surface area contributed by atoms with E-state index in [1.165, 1.54) is 0 Å². The second-order valence-corrected chi connectivity index (χ2v) is 6.45. The molecule has 1 saturated carbocycles. The van der Waals surface area contributed by atoms with Crippen molar-refractivity contribution in [3.8, 4) is 5.75 Å². The van der Waals surface area contributed by atoms with Crippen molar-refractivity contribution in [1.29, 1.82) is 0 Å². The van der Waals surface area contributed by atoms with E-state index < -0.39 is 0 Å². The summed E-state index contributed by atoms with van der Waals surface area (Å²) in [4.78, 5) is 11.7. The van der Waals surface area contributed by atoms with Crippen LogP contribution in [0.1, 0.15) is 32.1 Å². The van der Waals surface area contributed by atoms with Crippen LogP contribution < -0.4 is 10.1 Å². The molecular weight excluding hydrogens is 334 g/mol. The summed E-state index contributed by atoms with van der Waals surface area (Å²) in [6.07, 6.45) is 3.93. The number of aliphatic hydroxyl groups is 1. The van der Waals surface area contributed by atoms with Crippen molar-refractivity contribution in [3.05, 3.63) is 28.7 Å². The maximum atomic E-state index is 11.7. The van der Waals surface area contributed by atoms with E-state index in [0.717, 1.165) is 35.9 Å². The molecule has 0 spiro atoms. The zero-order valence-electron chi connectivity index (χ0n) is 12.1. The summed E-state index contributed by atoms with van der Waals surface area (Å²) in [5, 5.41) is 12.4. The number of rotatable bonds is 6. The predicted molar refractivity (Wildman–Crippen MR) is 85.2 cm³/mol. The number of amides is 1. The Labute approximate surface area is 134 Å². The summed E-state index contributed by atoms with van der Waals surface area (Å²) in [5.74, 6) is 1.30. The third-order valence-electron chi connectivity index (χ3n) is 3.82. The second kappa shape index (κ2) is 8.39. The Balaban J connectivity index is 1.58. The van der Waals surface area contributed by atoms with Crippen molar-refractivity contribution in [3.63, 3.8) is 0 Å². The van der Waals surface area contributed by atoms with Gasteiger partial charge in [-0.3, -0.25) is 4.79 Å². The number of ether oxygens (including phenoxy) is 1. The summed E-state index contributed by atoms with van der Waals surface area (Å²) < 4.78 is 6.53. The fourth-order valence-corrected chi connectivity index (χ4v) is 2.75. The van der Waals surface area contributed by atoms with Gasteiger partial charge >= 0.3 is 0 Å². The van der Waals surface area contributed by atoms with Crippen LogP contribution in [0, 0.1) is 5.92 Å². The lowest BCUT2D eigenvalue weighted by molar-refractivity contribution is -0.121. The molecule has 4 nitrogen and oxygen atoms in total. The largest absolute Gasteiger partial charge is 0.493 e. The first-order valence-electron chi connectivity index (χ1n) is 7.46. The van der Waals surface area contributed by atoms with E-state index in [4.69, 9.17) is 4.74 Å². The van der Waals surface area contributed by atoms with E-state index in [9.17, 15) is 9.90 Å². The van der Waals surface area contributed by atoms with Gasteiger partial charge in [0.2, 0.25) is 5.91 Å². The normalized spacial score (nSPS) is 21.8. The highest BCUT2D eigenvalue weighted by atomic mass is 79.9. The zero-order chi connectivity index (χ0) is 15.1. The molecular formula is C16H22BrNO3. The molecule has 0 bridgehead atoms. The SMILES string of the molecule is O=C(CCOc1ccc(Br)cc1)NCC1CCC(O)CC1. The monoisotopic (exact) mass is 355 g/mol. The number of nitrogens with one attached hydrogen (secondary N) is 1. The summed E-state index contributed by atoms with van der Waals surface area (Å²) in [5.41, 5.74) is 0. The lowest BCUT2D eigenvalue weighted by Gasteiger charge is -2.25. The molecule has 0 heterocycles. The molecule has 1 fully saturated rings. The van der Waals surface area contributed by atoms with Gasteiger partial charge in [0.15, 0.2) is 0 Å². The van der Waals surface area contributed by atoms with Crippen molar-refractivity contribution in [1.82, 2.24) is 5.32 Å². The highest BCUT2D eigenvalue weighted by molar-refractivity contribution is 9.10. The van der Waals surface area contributed by atoms with E-state index in [0.29, 0.717) is 25.5 Å². The zero-order valence-corrected chi connectivity index (χ0v) is 13.6. The van der Waals surface area contributed by atoms with Gasteiger partial charge in [-0.05, 0) is 55.9 Å². The maximum Gasteiger partial charge on any atom is 0.223 e. The number of hydrogen-bond acceptors (Lipinski definition) is 3. The fourth-order valence-electron chi connectivity index (χ4n) is 2.49. The van der Waals surface area contributed by atoms with E-state index >= 15 is 0 Å². The quantitative estimate of drug-likeness (QED) is 0.824. The first-order chi connectivity index (χ1) is 10.1. The average molecular weight is 356 g/mol. The summed E-state index contributed by atoms with van der Waals surface area (Å²) >= 11 is 3.36. The highest BCUT2D eigenvalue weighted by Crippen LogP contribution is 2.23. The van der Waals surface area contributed by atoms with E-state index in [1.54, 1.807) is 0 Å². The van der Waals surface area contributed by atoms with Crippen LogP contribution in [0.25, 0.3) is 0 Å². The molecule has 0 radical (unpaired) electrons. The van der Waals surface area contributed by atoms with Crippen LogP contribution in [0.2, 0.25) is 0 Å². The van der Waals surface area contributed by atoms with Gasteiger partial charge < -0.3 is 15.2 Å². The minimum absolute atomic E-state index is 0.0261. The van der Waals surface area contributed by atoms with Gasteiger partial charge in [0, 0.05) is 11.0 Å². The van der Waals surface area contributed by atoms with E-state index in [2.05, 4.69) is 21.2 Å². The van der Waals surface area contributed by atoms with Crippen LogP contribution in [0.3, 0.4) is 0 Å². The molecule has 1 aromatic carbocycles. The Morgan fingerprint density at radius 2 is 1.90 bits per heavy atom. The number of benzene rings is 1. The molecule has 0 aromatic heterocycles. The lowest BCUT2D eigenvalue weighted by Crippen LogP contribution is -2.32. The molecule has 116 valence electrons. The molecule has 1 aromatic rings. The van der Waals surface area contributed by atoms with Gasteiger partial charge in [-0.1, -0.05) is 15.9 Å². The van der Waals surface area contributed by atoms with Gasteiger partial charge in [-0.15, -0.1) is 0 Å². The molecule has 2 N–H and O–H groups in total.